The first-order valence-corrected chi connectivity index (χ1v) is 6.79. The SMILES string of the molecule is Cc1ccc(-c2ccc(-c3cc[c-]c(F)c3F)cc2F)cc1.[Rb+]. The molecule has 0 aliphatic heterocycles. The van der Waals surface area contributed by atoms with Crippen LogP contribution in [0.5, 0.6) is 0 Å². The van der Waals surface area contributed by atoms with E-state index in [0.717, 1.165) is 11.1 Å². The topological polar surface area (TPSA) is 0 Å². The molecule has 3 rings (SSSR count). The van der Waals surface area contributed by atoms with Crippen molar-refractivity contribution in [1.29, 1.82) is 0 Å². The van der Waals surface area contributed by atoms with Crippen molar-refractivity contribution in [3.8, 4) is 22.3 Å². The standard InChI is InChI=1S/C19H12F3.Rb/c1-12-5-7-13(8-6-12)15-10-9-14(11-18(15)21)16-3-2-4-17(20)19(16)22;/h2-3,5-11H,1H3;/q-1;+1. The van der Waals surface area contributed by atoms with Gasteiger partial charge >= 0.3 is 58.2 Å². The van der Waals surface area contributed by atoms with Gasteiger partial charge in [-0.05, 0) is 24.1 Å². The van der Waals surface area contributed by atoms with Crippen LogP contribution >= 0.6 is 0 Å². The van der Waals surface area contributed by atoms with E-state index in [2.05, 4.69) is 6.07 Å². The van der Waals surface area contributed by atoms with Crippen LogP contribution in [-0.4, -0.2) is 0 Å². The summed E-state index contributed by atoms with van der Waals surface area (Å²) < 4.78 is 41.3. The second kappa shape index (κ2) is 7.89. The summed E-state index contributed by atoms with van der Waals surface area (Å²) >= 11 is 0. The molecule has 0 bridgehead atoms. The molecule has 0 amide bonds. The van der Waals surface area contributed by atoms with Gasteiger partial charge in [0.2, 0.25) is 0 Å². The van der Waals surface area contributed by atoms with Crippen LogP contribution in [0.15, 0.2) is 54.6 Å². The zero-order chi connectivity index (χ0) is 15.7. The van der Waals surface area contributed by atoms with E-state index in [1.165, 1.54) is 18.2 Å². The van der Waals surface area contributed by atoms with Gasteiger partial charge in [0, 0.05) is 11.4 Å². The van der Waals surface area contributed by atoms with Gasteiger partial charge in [-0.1, -0.05) is 47.5 Å². The molecule has 0 spiro atoms. The van der Waals surface area contributed by atoms with Gasteiger partial charge in [-0.2, -0.15) is 12.1 Å². The second-order valence-corrected chi connectivity index (χ2v) is 5.08. The van der Waals surface area contributed by atoms with Gasteiger partial charge < -0.3 is 0 Å². The zero-order valence-corrected chi connectivity index (χ0v) is 17.7. The van der Waals surface area contributed by atoms with Gasteiger partial charge in [0.05, 0.1) is 5.82 Å². The van der Waals surface area contributed by atoms with Gasteiger partial charge in [0.25, 0.3) is 0 Å². The third-order valence-electron chi connectivity index (χ3n) is 3.53. The first-order chi connectivity index (χ1) is 10.6. The molecule has 0 saturated carbocycles. The smallest absolute Gasteiger partial charge is 0.281 e. The fraction of sp³-hybridized carbons (Fsp3) is 0.0526. The third kappa shape index (κ3) is 4.02. The van der Waals surface area contributed by atoms with E-state index < -0.39 is 17.5 Å². The average molecular weight is 383 g/mol. The fourth-order valence-corrected chi connectivity index (χ4v) is 2.33. The summed E-state index contributed by atoms with van der Waals surface area (Å²) in [4.78, 5) is 0. The van der Waals surface area contributed by atoms with Crippen LogP contribution in [0.2, 0.25) is 0 Å². The van der Waals surface area contributed by atoms with Gasteiger partial charge in [0.1, 0.15) is 5.82 Å². The summed E-state index contributed by atoms with van der Waals surface area (Å²) in [5.41, 5.74) is 2.55. The minimum absolute atomic E-state index is 0. The Morgan fingerprint density at radius 1 is 0.783 bits per heavy atom. The molecule has 0 heterocycles. The summed E-state index contributed by atoms with van der Waals surface area (Å²) in [7, 11) is 0. The van der Waals surface area contributed by atoms with E-state index in [1.54, 1.807) is 12.1 Å². The minimum Gasteiger partial charge on any atom is -0.281 e. The molecule has 23 heavy (non-hydrogen) atoms. The van der Waals surface area contributed by atoms with E-state index in [1.807, 2.05) is 31.2 Å². The Morgan fingerprint density at radius 3 is 2.09 bits per heavy atom. The molecule has 0 aromatic heterocycles. The first-order valence-electron chi connectivity index (χ1n) is 6.79. The minimum atomic E-state index is -1.07. The van der Waals surface area contributed by atoms with Crippen molar-refractivity contribution in [2.24, 2.45) is 0 Å². The maximum absolute atomic E-state index is 14.3. The Balaban J connectivity index is 0.00000192. The van der Waals surface area contributed by atoms with Crippen LogP contribution in [0.3, 0.4) is 0 Å². The number of benzene rings is 3. The molecule has 4 heteroatoms. The molecule has 3 aromatic carbocycles. The number of rotatable bonds is 2. The van der Waals surface area contributed by atoms with Gasteiger partial charge in [-0.3, -0.25) is 4.39 Å². The monoisotopic (exact) mass is 382 g/mol. The molecule has 0 nitrogen and oxygen atoms in total. The predicted molar refractivity (Wildman–Crippen MR) is 80.8 cm³/mol. The molecule has 0 atom stereocenters. The van der Waals surface area contributed by atoms with E-state index in [0.29, 0.717) is 11.1 Å². The molecular weight excluding hydrogens is 371 g/mol. The van der Waals surface area contributed by atoms with Crippen molar-refractivity contribution in [1.82, 2.24) is 0 Å². The Bertz CT molecular complexity index is 827. The van der Waals surface area contributed by atoms with Crippen molar-refractivity contribution >= 4 is 0 Å². The van der Waals surface area contributed by atoms with Crippen LogP contribution in [0.1, 0.15) is 5.56 Å². The summed E-state index contributed by atoms with van der Waals surface area (Å²) in [5, 5.41) is 0. The summed E-state index contributed by atoms with van der Waals surface area (Å²) in [5.74, 6) is -2.57. The number of halogens is 3. The van der Waals surface area contributed by atoms with E-state index in [-0.39, 0.29) is 63.8 Å². The molecular formula is C19H12F3Rb. The third-order valence-corrected chi connectivity index (χ3v) is 3.53. The number of hydrogen-bond acceptors (Lipinski definition) is 0. The second-order valence-electron chi connectivity index (χ2n) is 5.08. The quantitative estimate of drug-likeness (QED) is 0.598. The van der Waals surface area contributed by atoms with Crippen molar-refractivity contribution < 1.29 is 71.4 Å². The molecule has 0 saturated heterocycles. The van der Waals surface area contributed by atoms with Crippen molar-refractivity contribution in [2.45, 2.75) is 6.92 Å². The maximum atomic E-state index is 14.3. The maximum Gasteiger partial charge on any atom is 1.00 e. The Morgan fingerprint density at radius 2 is 1.43 bits per heavy atom. The zero-order valence-electron chi connectivity index (χ0n) is 12.8. The normalized spacial score (nSPS) is 10.3. The van der Waals surface area contributed by atoms with Crippen molar-refractivity contribution in [3.05, 3.63) is 83.7 Å². The molecule has 0 N–H and O–H groups in total. The Labute approximate surface area is 182 Å². The van der Waals surface area contributed by atoms with Crippen molar-refractivity contribution in [2.75, 3.05) is 0 Å². The van der Waals surface area contributed by atoms with Crippen LogP contribution in [0.4, 0.5) is 13.2 Å². The van der Waals surface area contributed by atoms with Crippen LogP contribution in [0.25, 0.3) is 22.3 Å². The van der Waals surface area contributed by atoms with Gasteiger partial charge in [-0.15, -0.1) is 6.07 Å². The number of hydrogen-bond donors (Lipinski definition) is 0. The van der Waals surface area contributed by atoms with Crippen LogP contribution in [0, 0.1) is 30.4 Å². The van der Waals surface area contributed by atoms with E-state index >= 15 is 0 Å². The Hall–Kier alpha value is -0.745. The van der Waals surface area contributed by atoms with Gasteiger partial charge in [0.15, 0.2) is 0 Å². The van der Waals surface area contributed by atoms with Crippen molar-refractivity contribution in [3.63, 3.8) is 0 Å². The summed E-state index contributed by atoms with van der Waals surface area (Å²) in [6.45, 7) is 1.95. The molecule has 3 aromatic rings. The molecule has 0 aliphatic rings. The molecule has 0 radical (unpaired) electrons. The van der Waals surface area contributed by atoms with E-state index in [4.69, 9.17) is 0 Å². The Kier molecular flexibility index (Phi) is 6.37. The molecule has 0 unspecified atom stereocenters. The molecule has 0 aliphatic carbocycles. The average Bonchev–Trinajstić information content (AvgIpc) is 2.51. The first kappa shape index (κ1) is 18.6. The summed E-state index contributed by atoms with van der Waals surface area (Å²) in [6.07, 6.45) is 0. The van der Waals surface area contributed by atoms with Crippen LogP contribution in [-0.2, 0) is 0 Å². The molecule has 0 fully saturated rings. The number of aryl methyl sites for hydroxylation is 1. The van der Waals surface area contributed by atoms with Crippen LogP contribution < -0.4 is 58.2 Å². The van der Waals surface area contributed by atoms with Gasteiger partial charge in [-0.25, -0.2) is 8.78 Å². The molecule has 110 valence electrons. The largest absolute Gasteiger partial charge is 1.00 e. The van der Waals surface area contributed by atoms with E-state index in [9.17, 15) is 13.2 Å². The fourth-order valence-electron chi connectivity index (χ4n) is 2.33. The summed E-state index contributed by atoms with van der Waals surface area (Å²) in [6, 6.07) is 16.6. The predicted octanol–water partition coefficient (Wildman–Crippen LogP) is 2.55.